The molecule has 29 heavy (non-hydrogen) atoms. The van der Waals surface area contributed by atoms with Gasteiger partial charge in [0, 0.05) is 30.6 Å². The Morgan fingerprint density at radius 3 is 2.76 bits per heavy atom. The van der Waals surface area contributed by atoms with Crippen molar-refractivity contribution >= 4 is 9.84 Å². The van der Waals surface area contributed by atoms with Crippen LogP contribution in [0.25, 0.3) is 0 Å². The fraction of sp³-hybridized carbons (Fsp3) is 0.478. The molecule has 0 spiro atoms. The Kier molecular flexibility index (Phi) is 5.95. The van der Waals surface area contributed by atoms with Crippen molar-refractivity contribution in [3.63, 3.8) is 0 Å². The number of rotatable bonds is 6. The van der Waals surface area contributed by atoms with Crippen molar-refractivity contribution in [2.75, 3.05) is 13.2 Å². The third-order valence-electron chi connectivity index (χ3n) is 5.96. The Balaban J connectivity index is 1.58. The molecule has 1 saturated heterocycles. The number of fused-ring (bicyclic) bond motifs is 1. The van der Waals surface area contributed by atoms with Gasteiger partial charge in [-0.3, -0.25) is 0 Å². The lowest BCUT2D eigenvalue weighted by Gasteiger charge is -2.34. The molecule has 0 bridgehead atoms. The third-order valence-corrected chi connectivity index (χ3v) is 8.09. The molecular weight excluding hydrogens is 384 g/mol. The Morgan fingerprint density at radius 1 is 1.21 bits per heavy atom. The summed E-state index contributed by atoms with van der Waals surface area (Å²) >= 11 is 0. The number of nitrogens with one attached hydrogen (secondary N) is 2. The van der Waals surface area contributed by atoms with Gasteiger partial charge in [0.1, 0.15) is 5.75 Å². The zero-order valence-corrected chi connectivity index (χ0v) is 18.0. The van der Waals surface area contributed by atoms with Gasteiger partial charge in [-0.1, -0.05) is 30.3 Å². The van der Waals surface area contributed by atoms with Crippen LogP contribution in [0.15, 0.2) is 47.4 Å². The van der Waals surface area contributed by atoms with Gasteiger partial charge in [0.25, 0.3) is 0 Å². The molecule has 2 aliphatic heterocycles. The summed E-state index contributed by atoms with van der Waals surface area (Å²) in [6.07, 6.45) is 2.97. The fourth-order valence-corrected chi connectivity index (χ4v) is 5.44. The smallest absolute Gasteiger partial charge is 0.180 e. The zero-order chi connectivity index (χ0) is 20.4. The molecule has 4 rings (SSSR count). The van der Waals surface area contributed by atoms with Crippen LogP contribution in [0.5, 0.6) is 5.75 Å². The average Bonchev–Trinajstić information content (AvgIpc) is 3.21. The topological polar surface area (TPSA) is 67.4 Å². The molecule has 0 aromatic heterocycles. The van der Waals surface area contributed by atoms with E-state index in [9.17, 15) is 8.42 Å². The van der Waals surface area contributed by atoms with Crippen LogP contribution in [0.4, 0.5) is 0 Å². The van der Waals surface area contributed by atoms with Crippen LogP contribution >= 0.6 is 0 Å². The third kappa shape index (κ3) is 4.20. The van der Waals surface area contributed by atoms with Gasteiger partial charge in [-0.25, -0.2) is 8.42 Å². The number of hydrogen-bond acceptors (Lipinski definition) is 5. The minimum absolute atomic E-state index is 0.251. The molecule has 2 aliphatic rings. The monoisotopic (exact) mass is 414 g/mol. The minimum atomic E-state index is -3.31. The van der Waals surface area contributed by atoms with E-state index in [0.717, 1.165) is 42.7 Å². The molecule has 2 heterocycles. The molecule has 5 nitrogen and oxygen atoms in total. The predicted molar refractivity (Wildman–Crippen MR) is 115 cm³/mol. The second-order valence-corrected chi connectivity index (χ2v) is 10.7. The van der Waals surface area contributed by atoms with Gasteiger partial charge in [-0.05, 0) is 56.5 Å². The summed E-state index contributed by atoms with van der Waals surface area (Å²) < 4.78 is 31.4. The highest BCUT2D eigenvalue weighted by molar-refractivity contribution is 7.92. The quantitative estimate of drug-likeness (QED) is 0.758. The van der Waals surface area contributed by atoms with Crippen LogP contribution in [0.3, 0.4) is 0 Å². The Hall–Kier alpha value is -1.89. The second kappa shape index (κ2) is 8.46. The van der Waals surface area contributed by atoms with Gasteiger partial charge in [0.05, 0.1) is 16.8 Å². The van der Waals surface area contributed by atoms with Gasteiger partial charge in [-0.2, -0.15) is 0 Å². The SMILES string of the molecule is CC(C)S(=O)(=O)c1cc2c(c(CN[C@H]3CCCN[C@H]3c3ccccc3)c1)OCC2. The number of hydrogen-bond donors (Lipinski definition) is 2. The molecule has 1 fully saturated rings. The number of sulfone groups is 1. The first kappa shape index (κ1) is 20.4. The summed E-state index contributed by atoms with van der Waals surface area (Å²) in [5.74, 6) is 0.861. The van der Waals surface area contributed by atoms with Crippen LogP contribution in [-0.4, -0.2) is 32.9 Å². The van der Waals surface area contributed by atoms with Gasteiger partial charge in [-0.15, -0.1) is 0 Å². The van der Waals surface area contributed by atoms with Gasteiger partial charge >= 0.3 is 0 Å². The van der Waals surface area contributed by atoms with Gasteiger partial charge < -0.3 is 15.4 Å². The Bertz CT molecular complexity index is 958. The van der Waals surface area contributed by atoms with E-state index in [1.807, 2.05) is 6.07 Å². The summed E-state index contributed by atoms with van der Waals surface area (Å²) in [5, 5.41) is 6.89. The van der Waals surface area contributed by atoms with E-state index in [-0.39, 0.29) is 12.1 Å². The van der Waals surface area contributed by atoms with Crippen molar-refractivity contribution in [3.05, 3.63) is 59.2 Å². The van der Waals surface area contributed by atoms with Crippen molar-refractivity contribution in [2.24, 2.45) is 0 Å². The molecule has 0 radical (unpaired) electrons. The first-order chi connectivity index (χ1) is 14.0. The van der Waals surface area contributed by atoms with Crippen molar-refractivity contribution in [1.82, 2.24) is 10.6 Å². The molecule has 0 unspecified atom stereocenters. The highest BCUT2D eigenvalue weighted by Crippen LogP contribution is 2.34. The lowest BCUT2D eigenvalue weighted by molar-refractivity contribution is 0.301. The highest BCUT2D eigenvalue weighted by Gasteiger charge is 2.28. The first-order valence-electron chi connectivity index (χ1n) is 10.5. The van der Waals surface area contributed by atoms with Crippen LogP contribution in [-0.2, 0) is 22.8 Å². The van der Waals surface area contributed by atoms with Crippen molar-refractivity contribution in [1.29, 1.82) is 0 Å². The lowest BCUT2D eigenvalue weighted by atomic mass is 9.92. The van der Waals surface area contributed by atoms with Crippen LogP contribution < -0.4 is 15.4 Å². The van der Waals surface area contributed by atoms with Crippen molar-refractivity contribution in [3.8, 4) is 5.75 Å². The van der Waals surface area contributed by atoms with Crippen molar-refractivity contribution in [2.45, 2.75) is 61.9 Å². The van der Waals surface area contributed by atoms with Crippen LogP contribution in [0.2, 0.25) is 0 Å². The Labute approximate surface area is 173 Å². The maximum absolute atomic E-state index is 12.8. The van der Waals surface area contributed by atoms with Gasteiger partial charge in [0.15, 0.2) is 9.84 Å². The summed E-state index contributed by atoms with van der Waals surface area (Å²) in [5.41, 5.74) is 3.23. The molecule has 0 saturated carbocycles. The molecule has 0 amide bonds. The predicted octanol–water partition coefficient (Wildman–Crippen LogP) is 3.39. The normalized spacial score (nSPS) is 21.8. The molecule has 2 N–H and O–H groups in total. The number of benzene rings is 2. The maximum atomic E-state index is 12.8. The fourth-order valence-electron chi connectivity index (χ4n) is 4.28. The molecule has 156 valence electrons. The maximum Gasteiger partial charge on any atom is 0.180 e. The summed E-state index contributed by atoms with van der Waals surface area (Å²) in [6, 6.07) is 14.7. The molecule has 2 aromatic rings. The van der Waals surface area contributed by atoms with Crippen LogP contribution in [0, 0.1) is 0 Å². The molecule has 2 aromatic carbocycles. The summed E-state index contributed by atoms with van der Waals surface area (Å²) in [4.78, 5) is 0.412. The molecule has 6 heteroatoms. The van der Waals surface area contributed by atoms with E-state index in [4.69, 9.17) is 4.74 Å². The summed E-state index contributed by atoms with van der Waals surface area (Å²) in [6.45, 7) is 5.69. The average molecular weight is 415 g/mol. The Morgan fingerprint density at radius 2 is 2.00 bits per heavy atom. The first-order valence-corrected chi connectivity index (χ1v) is 12.1. The van der Waals surface area contributed by atoms with E-state index < -0.39 is 15.1 Å². The summed E-state index contributed by atoms with van der Waals surface area (Å²) in [7, 11) is -3.31. The standard InChI is InChI=1S/C23H30N2O3S/c1-16(2)29(26,27)20-13-18-10-12-28-23(18)19(14-20)15-25-21-9-6-11-24-22(21)17-7-4-3-5-8-17/h3-5,7-8,13-14,16,21-22,24-25H,6,9-12,15H2,1-2H3/t21-,22-/m0/s1. The molecule has 0 aliphatic carbocycles. The lowest BCUT2D eigenvalue weighted by Crippen LogP contribution is -2.45. The van der Waals surface area contributed by atoms with Crippen molar-refractivity contribution < 1.29 is 13.2 Å². The molecular formula is C23H30N2O3S. The van der Waals surface area contributed by atoms with E-state index in [1.54, 1.807) is 26.0 Å². The highest BCUT2D eigenvalue weighted by atomic mass is 32.2. The second-order valence-electron chi connectivity index (χ2n) is 8.23. The van der Waals surface area contributed by atoms with E-state index in [1.165, 1.54) is 5.56 Å². The van der Waals surface area contributed by atoms with Gasteiger partial charge in [0.2, 0.25) is 0 Å². The van der Waals surface area contributed by atoms with E-state index >= 15 is 0 Å². The number of piperidine rings is 1. The molecule has 2 atom stereocenters. The largest absolute Gasteiger partial charge is 0.493 e. The van der Waals surface area contributed by atoms with Crippen LogP contribution in [0.1, 0.15) is 49.4 Å². The minimum Gasteiger partial charge on any atom is -0.493 e. The van der Waals surface area contributed by atoms with E-state index in [0.29, 0.717) is 18.0 Å². The zero-order valence-electron chi connectivity index (χ0n) is 17.1. The number of ether oxygens (including phenoxy) is 1. The van der Waals surface area contributed by atoms with E-state index in [2.05, 4.69) is 34.9 Å².